The molecule has 1 aromatic carbocycles. The summed E-state index contributed by atoms with van der Waals surface area (Å²) in [4.78, 5) is 10.2. The smallest absolute Gasteiger partial charge is 0.258 e. The molecule has 2 rings (SSSR count). The molecular formula is C11H11ClINO2. The van der Waals surface area contributed by atoms with Gasteiger partial charge in [0.05, 0.1) is 4.92 Å². The lowest BCUT2D eigenvalue weighted by atomic mass is 10.1. The summed E-state index contributed by atoms with van der Waals surface area (Å²) >= 11 is 8.38. The number of halogens is 2. The van der Waals surface area contributed by atoms with Crippen LogP contribution in [0.3, 0.4) is 0 Å². The second-order valence-electron chi connectivity index (χ2n) is 4.09. The van der Waals surface area contributed by atoms with Crippen LogP contribution in [0.15, 0.2) is 18.2 Å². The van der Waals surface area contributed by atoms with Gasteiger partial charge in [-0.25, -0.2) is 0 Å². The minimum absolute atomic E-state index is 0.144. The molecule has 0 aromatic heterocycles. The van der Waals surface area contributed by atoms with E-state index in [0.717, 1.165) is 15.6 Å². The van der Waals surface area contributed by atoms with Gasteiger partial charge in [-0.15, -0.1) is 11.6 Å². The minimum atomic E-state index is -0.370. The van der Waals surface area contributed by atoms with Crippen molar-refractivity contribution in [3.8, 4) is 0 Å². The molecule has 5 heteroatoms. The van der Waals surface area contributed by atoms with Crippen LogP contribution in [0.25, 0.3) is 0 Å². The number of nitro groups is 1. The van der Waals surface area contributed by atoms with Gasteiger partial charge in [-0.3, -0.25) is 10.1 Å². The van der Waals surface area contributed by atoms with Crippen molar-refractivity contribution in [2.45, 2.75) is 24.6 Å². The van der Waals surface area contributed by atoms with Crippen molar-refractivity contribution in [3.05, 3.63) is 37.4 Å². The van der Waals surface area contributed by atoms with Gasteiger partial charge in [-0.05, 0) is 53.3 Å². The molecule has 0 aliphatic heterocycles. The molecule has 3 nitrogen and oxygen atoms in total. The summed E-state index contributed by atoms with van der Waals surface area (Å²) in [5.74, 6) is 0.646. The first-order valence-electron chi connectivity index (χ1n) is 5.15. The van der Waals surface area contributed by atoms with Crippen molar-refractivity contribution < 1.29 is 4.92 Å². The molecule has 1 unspecified atom stereocenters. The van der Waals surface area contributed by atoms with Crippen LogP contribution in [0, 0.1) is 19.6 Å². The van der Waals surface area contributed by atoms with E-state index in [0.29, 0.717) is 5.92 Å². The van der Waals surface area contributed by atoms with E-state index in [9.17, 15) is 10.1 Å². The molecule has 0 N–H and O–H groups in total. The van der Waals surface area contributed by atoms with Crippen molar-refractivity contribution in [3.63, 3.8) is 0 Å². The maximum Gasteiger partial charge on any atom is 0.270 e. The van der Waals surface area contributed by atoms with Gasteiger partial charge in [-0.2, -0.15) is 0 Å². The molecule has 1 aromatic rings. The number of benzene rings is 1. The third kappa shape index (κ3) is 2.85. The average Bonchev–Trinajstić information content (AvgIpc) is 3.03. The van der Waals surface area contributed by atoms with Gasteiger partial charge in [0.15, 0.2) is 0 Å². The Labute approximate surface area is 112 Å². The van der Waals surface area contributed by atoms with Crippen molar-refractivity contribution in [2.75, 3.05) is 0 Å². The van der Waals surface area contributed by atoms with Crippen LogP contribution < -0.4 is 0 Å². The lowest BCUT2D eigenvalue weighted by Gasteiger charge is -2.09. The molecule has 86 valence electrons. The average molecular weight is 352 g/mol. The summed E-state index contributed by atoms with van der Waals surface area (Å²) in [5.41, 5.74) is 1.25. The fourth-order valence-corrected chi connectivity index (χ4v) is 2.79. The van der Waals surface area contributed by atoms with E-state index in [1.165, 1.54) is 12.8 Å². The highest BCUT2D eigenvalue weighted by atomic mass is 127. The Bertz CT molecular complexity index is 420. The van der Waals surface area contributed by atoms with Crippen molar-refractivity contribution in [1.29, 1.82) is 0 Å². The number of hydrogen-bond acceptors (Lipinski definition) is 2. The number of non-ortho nitro benzene ring substituents is 1. The number of nitrogens with zero attached hydrogens (tertiary/aromatic N) is 1. The van der Waals surface area contributed by atoms with Crippen LogP contribution in [0.1, 0.15) is 18.4 Å². The molecule has 1 atom stereocenters. The first kappa shape index (κ1) is 12.1. The Morgan fingerprint density at radius 1 is 1.56 bits per heavy atom. The lowest BCUT2D eigenvalue weighted by Crippen LogP contribution is -2.07. The quantitative estimate of drug-likeness (QED) is 0.359. The molecule has 0 heterocycles. The fraction of sp³-hybridized carbons (Fsp3) is 0.455. The predicted octanol–water partition coefficient (Wildman–Crippen LogP) is 3.76. The van der Waals surface area contributed by atoms with E-state index in [1.54, 1.807) is 12.1 Å². The van der Waals surface area contributed by atoms with E-state index in [1.807, 2.05) is 6.07 Å². The van der Waals surface area contributed by atoms with Gasteiger partial charge < -0.3 is 0 Å². The molecule has 1 saturated carbocycles. The zero-order valence-electron chi connectivity index (χ0n) is 8.53. The largest absolute Gasteiger partial charge is 0.270 e. The Hall–Kier alpha value is -0.360. The Balaban J connectivity index is 2.12. The Morgan fingerprint density at radius 3 is 2.75 bits per heavy atom. The summed E-state index contributed by atoms with van der Waals surface area (Å²) in [7, 11) is 0. The summed E-state index contributed by atoms with van der Waals surface area (Å²) in [6.45, 7) is 0. The van der Waals surface area contributed by atoms with Gasteiger partial charge in [0, 0.05) is 21.1 Å². The van der Waals surface area contributed by atoms with E-state index in [-0.39, 0.29) is 16.0 Å². The Morgan fingerprint density at radius 2 is 2.25 bits per heavy atom. The Kier molecular flexibility index (Phi) is 3.69. The molecule has 1 aliphatic carbocycles. The zero-order valence-corrected chi connectivity index (χ0v) is 11.4. The van der Waals surface area contributed by atoms with Gasteiger partial charge in [0.2, 0.25) is 0 Å². The zero-order chi connectivity index (χ0) is 11.7. The van der Waals surface area contributed by atoms with Crippen LogP contribution in [0.5, 0.6) is 0 Å². The number of nitro benzene ring substituents is 1. The molecule has 1 fully saturated rings. The molecule has 16 heavy (non-hydrogen) atoms. The molecule has 0 saturated heterocycles. The van der Waals surface area contributed by atoms with Crippen LogP contribution in [-0.4, -0.2) is 10.3 Å². The minimum Gasteiger partial charge on any atom is -0.258 e. The highest BCUT2D eigenvalue weighted by molar-refractivity contribution is 14.1. The maximum absolute atomic E-state index is 10.6. The summed E-state index contributed by atoms with van der Waals surface area (Å²) < 4.78 is 0.929. The summed E-state index contributed by atoms with van der Waals surface area (Å²) in [5, 5.41) is 10.8. The number of alkyl halides is 1. The molecule has 1 aliphatic rings. The highest BCUT2D eigenvalue weighted by Crippen LogP contribution is 2.37. The predicted molar refractivity (Wildman–Crippen MR) is 71.9 cm³/mol. The third-order valence-electron chi connectivity index (χ3n) is 2.80. The molecule has 0 spiro atoms. The van der Waals surface area contributed by atoms with Crippen molar-refractivity contribution >= 4 is 39.9 Å². The lowest BCUT2D eigenvalue weighted by molar-refractivity contribution is -0.385. The van der Waals surface area contributed by atoms with Crippen LogP contribution in [-0.2, 0) is 6.42 Å². The third-order valence-corrected chi connectivity index (χ3v) is 4.31. The molecule has 0 amide bonds. The molecule has 0 bridgehead atoms. The van der Waals surface area contributed by atoms with Gasteiger partial charge in [-0.1, -0.05) is 6.07 Å². The van der Waals surface area contributed by atoms with E-state index < -0.39 is 0 Å². The van der Waals surface area contributed by atoms with Gasteiger partial charge in [0.25, 0.3) is 5.69 Å². The van der Waals surface area contributed by atoms with E-state index in [2.05, 4.69) is 22.6 Å². The maximum atomic E-state index is 10.6. The van der Waals surface area contributed by atoms with Crippen molar-refractivity contribution in [1.82, 2.24) is 0 Å². The number of rotatable bonds is 4. The second kappa shape index (κ2) is 4.87. The topological polar surface area (TPSA) is 43.1 Å². The highest BCUT2D eigenvalue weighted by Gasteiger charge is 2.30. The fourth-order valence-electron chi connectivity index (χ4n) is 1.65. The second-order valence-corrected chi connectivity index (χ2v) is 5.81. The van der Waals surface area contributed by atoms with Gasteiger partial charge >= 0.3 is 0 Å². The summed E-state index contributed by atoms with van der Waals surface area (Å²) in [6, 6.07) is 4.97. The first-order chi connectivity index (χ1) is 7.58. The SMILES string of the molecule is O=[N+]([O-])c1ccc(CC(Cl)C2CC2)c(I)c1. The first-order valence-corrected chi connectivity index (χ1v) is 6.66. The molecular weight excluding hydrogens is 340 g/mol. The van der Waals surface area contributed by atoms with Gasteiger partial charge in [0.1, 0.15) is 0 Å². The normalized spacial score (nSPS) is 17.1. The van der Waals surface area contributed by atoms with Crippen LogP contribution >= 0.6 is 34.2 Å². The summed E-state index contributed by atoms with van der Waals surface area (Å²) in [6.07, 6.45) is 3.25. The van der Waals surface area contributed by atoms with E-state index >= 15 is 0 Å². The van der Waals surface area contributed by atoms with E-state index in [4.69, 9.17) is 11.6 Å². The monoisotopic (exact) mass is 351 g/mol. The molecule has 0 radical (unpaired) electrons. The van der Waals surface area contributed by atoms with Crippen molar-refractivity contribution in [2.24, 2.45) is 5.92 Å². The standard InChI is InChI=1S/C11H11ClINO2/c12-10(7-1-2-7)5-8-3-4-9(14(15)16)6-11(8)13/h3-4,6-7,10H,1-2,5H2. The van der Waals surface area contributed by atoms with Crippen LogP contribution in [0.4, 0.5) is 5.69 Å². The number of hydrogen-bond donors (Lipinski definition) is 0. The van der Waals surface area contributed by atoms with Crippen LogP contribution in [0.2, 0.25) is 0 Å².